The quantitative estimate of drug-likeness (QED) is 0.0339. The highest BCUT2D eigenvalue weighted by molar-refractivity contribution is 6.30. The number of aliphatic carboxylic acids is 5. The van der Waals surface area contributed by atoms with Gasteiger partial charge in [0.2, 0.25) is 0 Å². The van der Waals surface area contributed by atoms with Crippen molar-refractivity contribution in [2.75, 3.05) is 0 Å². The van der Waals surface area contributed by atoms with E-state index >= 15 is 0 Å². The van der Waals surface area contributed by atoms with Gasteiger partial charge in [0, 0.05) is 10.1 Å². The first-order chi connectivity index (χ1) is 45.0. The number of halogens is 4. The molecular weight excluding hydrogens is 1350 g/mol. The van der Waals surface area contributed by atoms with Crippen LogP contribution in [0.3, 0.4) is 0 Å². The highest BCUT2D eigenvalue weighted by atomic mass is 35.5. The normalized spacial score (nSPS) is 15.5. The third-order valence-electron chi connectivity index (χ3n) is 12.4. The summed E-state index contributed by atoms with van der Waals surface area (Å²) in [5.41, 5.74) is -1.50. The minimum Gasteiger partial charge on any atom is -0.481 e. The van der Waals surface area contributed by atoms with E-state index in [9.17, 15) is 61.8 Å². The SMILES string of the molecule is CC(=CC(C(=O)O)C(C)C)C(C)NC(=O)OC(C)(C)C.CC(C=C(Cl)C(C)NC(=O)OC(C)(C)C)C(=O)O.CC(C=C(F)C(C)NC(=O)OC(C)(C)C)C(=O)O.CC(NC(=O)OC(C)(C)C)C(Cl)=CC(C(=O)O)C(C)C.CC(NC(=O)OC(C)(C)C)C(F)=CC(Cc1ccccc1)C(=O)O. The summed E-state index contributed by atoms with van der Waals surface area (Å²) in [7, 11) is 0. The number of alkyl carbamates (subject to hydrolysis) is 5. The van der Waals surface area contributed by atoms with Crippen molar-refractivity contribution < 1.29 is 106 Å². The highest BCUT2D eigenvalue weighted by Gasteiger charge is 2.28. The summed E-state index contributed by atoms with van der Waals surface area (Å²) >= 11 is 12.0. The van der Waals surface area contributed by atoms with E-state index in [1.54, 1.807) is 176 Å². The van der Waals surface area contributed by atoms with Gasteiger partial charge >= 0.3 is 60.3 Å². The van der Waals surface area contributed by atoms with Crippen molar-refractivity contribution in [2.24, 2.45) is 41.4 Å². The van der Waals surface area contributed by atoms with Gasteiger partial charge in [-0.05, 0) is 195 Å². The fourth-order valence-corrected chi connectivity index (χ4v) is 7.42. The van der Waals surface area contributed by atoms with E-state index in [0.29, 0.717) is 0 Å². The predicted octanol–water partition coefficient (Wildman–Crippen LogP) is 15.5. The van der Waals surface area contributed by atoms with Gasteiger partial charge in [-0.15, -0.1) is 0 Å². The summed E-state index contributed by atoms with van der Waals surface area (Å²) in [4.78, 5) is 112. The lowest BCUT2D eigenvalue weighted by molar-refractivity contribution is -0.142. The van der Waals surface area contributed by atoms with E-state index in [-0.39, 0.29) is 34.4 Å². The van der Waals surface area contributed by atoms with Gasteiger partial charge < -0.3 is 75.8 Å². The van der Waals surface area contributed by atoms with Crippen molar-refractivity contribution in [2.45, 2.75) is 252 Å². The summed E-state index contributed by atoms with van der Waals surface area (Å²) in [6.45, 7) is 46.0. The van der Waals surface area contributed by atoms with E-state index in [0.717, 1.165) is 23.3 Å². The second-order valence-electron chi connectivity index (χ2n) is 29.1. The maximum Gasteiger partial charge on any atom is 0.408 e. The van der Waals surface area contributed by atoms with E-state index < -0.39 is 154 Å². The zero-order chi connectivity index (χ0) is 79.5. The molecule has 0 aromatic heterocycles. The van der Waals surface area contributed by atoms with Crippen LogP contribution in [0.5, 0.6) is 0 Å². The van der Waals surface area contributed by atoms with E-state index in [2.05, 4.69) is 26.6 Å². The first-order valence-corrected chi connectivity index (χ1v) is 33.1. The molecule has 5 amide bonds. The monoisotopic (exact) mass is 1470 g/mol. The molecular formula is C71H115Cl2F2N5O20. The summed E-state index contributed by atoms with van der Waals surface area (Å²) in [5, 5.41) is 57.8. The first-order valence-electron chi connectivity index (χ1n) is 32.3. The van der Waals surface area contributed by atoms with Gasteiger partial charge in [0.05, 0.1) is 59.8 Å². The Hall–Kier alpha value is -7.94. The molecule has 0 aliphatic carbocycles. The molecule has 10 N–H and O–H groups in total. The van der Waals surface area contributed by atoms with Gasteiger partial charge in [-0.2, -0.15) is 0 Å². The molecule has 0 aliphatic rings. The molecule has 100 heavy (non-hydrogen) atoms. The number of ether oxygens (including phenoxy) is 5. The molecule has 0 fully saturated rings. The molecule has 0 radical (unpaired) electrons. The maximum atomic E-state index is 14.2. The highest BCUT2D eigenvalue weighted by Crippen LogP contribution is 2.22. The molecule has 25 nitrogen and oxygen atoms in total. The molecule has 10 atom stereocenters. The summed E-state index contributed by atoms with van der Waals surface area (Å²) in [6.07, 6.45) is 3.48. The van der Waals surface area contributed by atoms with Crippen LogP contribution in [0.4, 0.5) is 32.8 Å². The molecule has 1 rings (SSSR count). The van der Waals surface area contributed by atoms with Crippen LogP contribution in [0.15, 0.2) is 88.0 Å². The van der Waals surface area contributed by atoms with Crippen LogP contribution in [-0.2, 0) is 54.1 Å². The number of amides is 5. The fourth-order valence-electron chi connectivity index (χ4n) is 6.98. The van der Waals surface area contributed by atoms with Crippen molar-refractivity contribution in [1.29, 1.82) is 0 Å². The van der Waals surface area contributed by atoms with Crippen molar-refractivity contribution in [1.82, 2.24) is 26.6 Å². The van der Waals surface area contributed by atoms with Crippen LogP contribution in [0, 0.1) is 41.4 Å². The van der Waals surface area contributed by atoms with E-state index in [1.807, 2.05) is 19.9 Å². The Balaban J connectivity index is -0.000000579. The molecule has 0 saturated heterocycles. The number of carbonyl (C=O) groups excluding carboxylic acids is 5. The molecule has 1 aromatic carbocycles. The van der Waals surface area contributed by atoms with Crippen LogP contribution in [0.25, 0.3) is 0 Å². The van der Waals surface area contributed by atoms with Crippen LogP contribution in [0.1, 0.15) is 193 Å². The van der Waals surface area contributed by atoms with E-state index in [1.165, 1.54) is 39.8 Å². The van der Waals surface area contributed by atoms with Crippen molar-refractivity contribution in [3.8, 4) is 0 Å². The number of rotatable bonds is 24. The fraction of sp³-hybridized carbons (Fsp3) is 0.634. The number of hydrogen-bond acceptors (Lipinski definition) is 15. The number of carbonyl (C=O) groups is 10. The third-order valence-corrected chi connectivity index (χ3v) is 13.3. The van der Waals surface area contributed by atoms with Crippen LogP contribution in [0.2, 0.25) is 0 Å². The average Bonchev–Trinajstić information content (AvgIpc) is 0.902. The predicted molar refractivity (Wildman–Crippen MR) is 381 cm³/mol. The second-order valence-corrected chi connectivity index (χ2v) is 29.9. The molecule has 0 saturated carbocycles. The standard InChI is InChI=1S/C18H24FNO4.C15H27NO4.C14H24ClNO4.C12H20ClNO4.C12H20FNO4/c1-12(20-17(23)24-18(2,3)4)15(19)11-14(16(21)22)10-13-8-6-5-7-9-13;1-9(2)12(13(17)18)8-10(3)11(4)16-14(19)20-15(5,6)7;1-8(2)10(12(17)18)7-11(15)9(3)16-13(19)20-14(4,5)6;2*1-7(10(15)16)6-9(13)8(2)14-11(17)18-12(3,4)5/h5-9,11-12,14H,10H2,1-4H3,(H,20,23)(H,21,22);8-9,11-12H,1-7H3,(H,16,19)(H,17,18);7-10H,1-6H3,(H,16,19)(H,17,18);2*6-8H,1-5H3,(H,14,17)(H,15,16). The molecule has 29 heteroatoms. The Morgan fingerprint density at radius 2 is 0.660 bits per heavy atom. The lowest BCUT2D eigenvalue weighted by Crippen LogP contribution is -2.38. The van der Waals surface area contributed by atoms with Gasteiger partial charge in [-0.1, -0.05) is 105 Å². The number of hydrogen-bond donors (Lipinski definition) is 10. The number of benzene rings is 1. The van der Waals surface area contributed by atoms with Crippen LogP contribution in [-0.4, -0.2) is 144 Å². The molecule has 10 unspecified atom stereocenters. The molecule has 0 spiro atoms. The molecule has 572 valence electrons. The zero-order valence-corrected chi connectivity index (χ0v) is 64.8. The van der Waals surface area contributed by atoms with Gasteiger partial charge in [-0.3, -0.25) is 24.0 Å². The summed E-state index contributed by atoms with van der Waals surface area (Å²) < 4.78 is 53.1. The smallest absolute Gasteiger partial charge is 0.408 e. The zero-order valence-electron chi connectivity index (χ0n) is 63.3. The average molecular weight is 1470 g/mol. The van der Waals surface area contributed by atoms with Crippen molar-refractivity contribution in [3.05, 3.63) is 93.6 Å². The minimum atomic E-state index is -1.13. The Kier molecular flexibility index (Phi) is 45.0. The Labute approximate surface area is 600 Å². The van der Waals surface area contributed by atoms with E-state index in [4.69, 9.17) is 67.3 Å². The topological polar surface area (TPSA) is 378 Å². The van der Waals surface area contributed by atoms with Crippen LogP contribution < -0.4 is 26.6 Å². The van der Waals surface area contributed by atoms with Gasteiger partial charge in [0.25, 0.3) is 0 Å². The summed E-state index contributed by atoms with van der Waals surface area (Å²) in [5.74, 6) is -10.5. The second kappa shape index (κ2) is 45.7. The van der Waals surface area contributed by atoms with Gasteiger partial charge in [0.1, 0.15) is 39.7 Å². The molecule has 1 aromatic rings. The minimum absolute atomic E-state index is 0.00354. The molecule has 0 heterocycles. The lowest BCUT2D eigenvalue weighted by Gasteiger charge is -2.23. The number of carboxylic acids is 5. The first kappa shape index (κ1) is 98.4. The van der Waals surface area contributed by atoms with Crippen molar-refractivity contribution >= 4 is 83.5 Å². The largest absolute Gasteiger partial charge is 0.481 e. The van der Waals surface area contributed by atoms with Crippen molar-refractivity contribution in [3.63, 3.8) is 0 Å². The Morgan fingerprint density at radius 3 is 0.940 bits per heavy atom. The third kappa shape index (κ3) is 52.1. The number of carboxylic acid groups (broad SMARTS) is 5. The Morgan fingerprint density at radius 1 is 0.390 bits per heavy atom. The maximum absolute atomic E-state index is 14.2. The van der Waals surface area contributed by atoms with Gasteiger partial charge in [0.15, 0.2) is 0 Å². The lowest BCUT2D eigenvalue weighted by atomic mass is 9.92. The molecule has 0 aliphatic heterocycles. The van der Waals surface area contributed by atoms with Gasteiger partial charge in [-0.25, -0.2) is 32.8 Å². The summed E-state index contributed by atoms with van der Waals surface area (Å²) in [6, 6.07) is 5.79. The number of nitrogens with one attached hydrogen (secondary N) is 5. The van der Waals surface area contributed by atoms with Crippen LogP contribution >= 0.6 is 23.2 Å². The Bertz CT molecular complexity index is 2810. The molecule has 0 bridgehead atoms.